The Morgan fingerprint density at radius 1 is 1.35 bits per heavy atom. The molecule has 0 bridgehead atoms. The lowest BCUT2D eigenvalue weighted by Crippen LogP contribution is -2.33. The van der Waals surface area contributed by atoms with Crippen LogP contribution in [0.15, 0.2) is 30.3 Å². The molecule has 0 aliphatic carbocycles. The Morgan fingerprint density at radius 2 is 2.06 bits per heavy atom. The van der Waals surface area contributed by atoms with Crippen LogP contribution >= 0.6 is 0 Å². The number of rotatable bonds is 4. The Labute approximate surface area is 102 Å². The molecular weight excluding hydrogens is 238 g/mol. The van der Waals surface area contributed by atoms with Crippen LogP contribution in [0.1, 0.15) is 12.0 Å². The molecule has 0 amide bonds. The van der Waals surface area contributed by atoms with Crippen LogP contribution < -0.4 is 5.32 Å². The minimum atomic E-state index is -3.99. The molecule has 17 heavy (non-hydrogen) atoms. The maximum Gasteiger partial charge on any atom is 0.268 e. The summed E-state index contributed by atoms with van der Waals surface area (Å²) in [5, 5.41) is 2.44. The van der Waals surface area contributed by atoms with Crippen molar-refractivity contribution in [2.45, 2.75) is 18.1 Å². The van der Waals surface area contributed by atoms with E-state index in [9.17, 15) is 13.0 Å². The largest absolute Gasteiger partial charge is 0.316 e. The van der Waals surface area contributed by atoms with E-state index in [1.807, 2.05) is 30.3 Å². The Morgan fingerprint density at radius 3 is 2.59 bits per heavy atom. The summed E-state index contributed by atoms with van der Waals surface area (Å²) in [6.07, 6.45) is 1.18. The lowest BCUT2D eigenvalue weighted by molar-refractivity contribution is 0.428. The third-order valence-electron chi connectivity index (χ3n) is 3.29. The number of hydrogen-bond donors (Lipinski definition) is 2. The highest BCUT2D eigenvalue weighted by Crippen LogP contribution is 2.22. The van der Waals surface area contributed by atoms with E-state index in [1.165, 1.54) is 0 Å². The van der Waals surface area contributed by atoms with Gasteiger partial charge in [0, 0.05) is 0 Å². The standard InChI is InChI=1S/C12H17NO3S/c14-17(15,16)12(11-6-7-13-9-11)8-10-4-2-1-3-5-10/h1-5,11-13H,6-9H2,(H,14,15,16). The fraction of sp³-hybridized carbons (Fsp3) is 0.500. The van der Waals surface area contributed by atoms with Crippen LogP contribution in [-0.4, -0.2) is 31.3 Å². The molecule has 0 spiro atoms. The summed E-state index contributed by atoms with van der Waals surface area (Å²) in [7, 11) is -3.99. The number of hydrogen-bond acceptors (Lipinski definition) is 3. The van der Waals surface area contributed by atoms with Crippen LogP contribution in [0.2, 0.25) is 0 Å². The van der Waals surface area contributed by atoms with Gasteiger partial charge < -0.3 is 5.32 Å². The highest BCUT2D eigenvalue weighted by Gasteiger charge is 2.33. The first-order valence-corrected chi connectivity index (χ1v) is 7.28. The minimum Gasteiger partial charge on any atom is -0.316 e. The monoisotopic (exact) mass is 255 g/mol. The Balaban J connectivity index is 2.17. The first kappa shape index (κ1) is 12.5. The molecule has 1 fully saturated rings. The van der Waals surface area contributed by atoms with Crippen molar-refractivity contribution in [3.8, 4) is 0 Å². The van der Waals surface area contributed by atoms with Gasteiger partial charge in [-0.3, -0.25) is 4.55 Å². The lowest BCUT2D eigenvalue weighted by Gasteiger charge is -2.19. The summed E-state index contributed by atoms with van der Waals surface area (Å²) in [4.78, 5) is 0. The summed E-state index contributed by atoms with van der Waals surface area (Å²) in [6.45, 7) is 1.49. The van der Waals surface area contributed by atoms with E-state index in [1.54, 1.807) is 0 Å². The van der Waals surface area contributed by atoms with Crippen molar-refractivity contribution < 1.29 is 13.0 Å². The Kier molecular flexibility index (Phi) is 3.81. The lowest BCUT2D eigenvalue weighted by atomic mass is 9.98. The summed E-state index contributed by atoms with van der Waals surface area (Å²) in [5.74, 6) is 0.00482. The molecule has 1 aromatic carbocycles. The second kappa shape index (κ2) is 5.16. The maximum atomic E-state index is 11.5. The van der Waals surface area contributed by atoms with E-state index < -0.39 is 15.4 Å². The van der Waals surface area contributed by atoms with E-state index >= 15 is 0 Å². The SMILES string of the molecule is O=S(=O)(O)C(Cc1ccccc1)C1CCNC1. The Bertz CT molecular complexity index is 452. The molecule has 1 saturated heterocycles. The highest BCUT2D eigenvalue weighted by molar-refractivity contribution is 7.86. The smallest absolute Gasteiger partial charge is 0.268 e. The summed E-state index contributed by atoms with van der Waals surface area (Å²) in [5.41, 5.74) is 0.946. The second-order valence-electron chi connectivity index (χ2n) is 4.50. The first-order chi connectivity index (χ1) is 8.07. The summed E-state index contributed by atoms with van der Waals surface area (Å²) >= 11 is 0. The fourth-order valence-electron chi connectivity index (χ4n) is 2.36. The molecule has 0 aromatic heterocycles. The van der Waals surface area contributed by atoms with Gasteiger partial charge in [-0.15, -0.1) is 0 Å². The molecule has 0 saturated carbocycles. The molecule has 94 valence electrons. The summed E-state index contributed by atoms with van der Waals surface area (Å²) in [6, 6.07) is 9.43. The van der Waals surface area contributed by atoms with Crippen molar-refractivity contribution in [1.82, 2.24) is 5.32 Å². The van der Waals surface area contributed by atoms with Gasteiger partial charge in [-0.1, -0.05) is 30.3 Å². The van der Waals surface area contributed by atoms with Crippen molar-refractivity contribution in [3.63, 3.8) is 0 Å². The molecule has 2 rings (SSSR count). The van der Waals surface area contributed by atoms with Crippen LogP contribution in [0.4, 0.5) is 0 Å². The molecule has 2 unspecified atom stereocenters. The average Bonchev–Trinajstić information content (AvgIpc) is 2.79. The van der Waals surface area contributed by atoms with E-state index in [0.717, 1.165) is 18.5 Å². The molecule has 4 nitrogen and oxygen atoms in total. The van der Waals surface area contributed by atoms with Gasteiger partial charge in [0.25, 0.3) is 10.1 Å². The van der Waals surface area contributed by atoms with E-state index in [0.29, 0.717) is 13.0 Å². The van der Waals surface area contributed by atoms with Crippen LogP contribution in [0, 0.1) is 5.92 Å². The van der Waals surface area contributed by atoms with Gasteiger partial charge in [0.2, 0.25) is 0 Å². The Hall–Kier alpha value is -0.910. The van der Waals surface area contributed by atoms with Gasteiger partial charge in [-0.25, -0.2) is 0 Å². The van der Waals surface area contributed by atoms with Crippen molar-refractivity contribution >= 4 is 10.1 Å². The van der Waals surface area contributed by atoms with Crippen molar-refractivity contribution in [2.75, 3.05) is 13.1 Å². The second-order valence-corrected chi connectivity index (χ2v) is 6.13. The van der Waals surface area contributed by atoms with Crippen LogP contribution in [0.3, 0.4) is 0 Å². The quantitative estimate of drug-likeness (QED) is 0.791. The van der Waals surface area contributed by atoms with Gasteiger partial charge in [0.1, 0.15) is 0 Å². The third-order valence-corrected chi connectivity index (χ3v) is 4.60. The molecular formula is C12H17NO3S. The minimum absolute atomic E-state index is 0.00482. The molecule has 1 aliphatic rings. The van der Waals surface area contributed by atoms with Crippen LogP contribution in [-0.2, 0) is 16.5 Å². The van der Waals surface area contributed by atoms with Crippen molar-refractivity contribution in [1.29, 1.82) is 0 Å². The zero-order valence-corrected chi connectivity index (χ0v) is 10.4. The van der Waals surface area contributed by atoms with Crippen molar-refractivity contribution in [3.05, 3.63) is 35.9 Å². The molecule has 0 radical (unpaired) electrons. The predicted octanol–water partition coefficient (Wildman–Crippen LogP) is 1.09. The first-order valence-electron chi connectivity index (χ1n) is 5.78. The molecule has 2 atom stereocenters. The van der Waals surface area contributed by atoms with Gasteiger partial charge in [0.15, 0.2) is 0 Å². The zero-order valence-electron chi connectivity index (χ0n) is 9.54. The van der Waals surface area contributed by atoms with Crippen molar-refractivity contribution in [2.24, 2.45) is 5.92 Å². The van der Waals surface area contributed by atoms with E-state index in [4.69, 9.17) is 0 Å². The number of nitrogens with one attached hydrogen (secondary N) is 1. The van der Waals surface area contributed by atoms with E-state index in [-0.39, 0.29) is 5.92 Å². The van der Waals surface area contributed by atoms with Crippen LogP contribution in [0.5, 0.6) is 0 Å². The van der Waals surface area contributed by atoms with E-state index in [2.05, 4.69) is 5.32 Å². The predicted molar refractivity (Wildman–Crippen MR) is 66.5 cm³/mol. The topological polar surface area (TPSA) is 66.4 Å². The van der Waals surface area contributed by atoms with Gasteiger partial charge in [-0.05, 0) is 37.4 Å². The van der Waals surface area contributed by atoms with Crippen LogP contribution in [0.25, 0.3) is 0 Å². The molecule has 1 aromatic rings. The summed E-state index contributed by atoms with van der Waals surface area (Å²) < 4.78 is 32.2. The normalized spacial score (nSPS) is 22.5. The molecule has 1 heterocycles. The molecule has 5 heteroatoms. The highest BCUT2D eigenvalue weighted by atomic mass is 32.2. The maximum absolute atomic E-state index is 11.5. The molecule has 1 aliphatic heterocycles. The number of benzene rings is 1. The zero-order chi connectivity index (χ0) is 12.3. The third kappa shape index (κ3) is 3.28. The molecule has 2 N–H and O–H groups in total. The average molecular weight is 255 g/mol. The fourth-order valence-corrected chi connectivity index (χ4v) is 3.48. The van der Waals surface area contributed by atoms with Gasteiger partial charge >= 0.3 is 0 Å². The van der Waals surface area contributed by atoms with Gasteiger partial charge in [-0.2, -0.15) is 8.42 Å². The van der Waals surface area contributed by atoms with Gasteiger partial charge in [0.05, 0.1) is 5.25 Å².